The molecule has 0 aromatic heterocycles. The van der Waals surface area contributed by atoms with Crippen LogP contribution in [0.4, 0.5) is 0 Å². The van der Waals surface area contributed by atoms with Gasteiger partial charge in [-0.3, -0.25) is 4.90 Å². The summed E-state index contributed by atoms with van der Waals surface area (Å²) in [5.74, 6) is 1.69. The topological polar surface area (TPSA) is 41.9 Å². The van der Waals surface area contributed by atoms with E-state index in [0.717, 1.165) is 53.1 Å². The normalized spacial score (nSPS) is 17.1. The highest BCUT2D eigenvalue weighted by Gasteiger charge is 2.26. The van der Waals surface area contributed by atoms with E-state index in [-0.39, 0.29) is 0 Å². The lowest BCUT2D eigenvalue weighted by Crippen LogP contribution is -2.33. The second-order valence-corrected chi connectivity index (χ2v) is 9.50. The molecule has 0 amide bonds. The van der Waals surface area contributed by atoms with Gasteiger partial charge in [-0.25, -0.2) is 0 Å². The number of methoxy groups -OCH3 is 1. The molecule has 1 unspecified atom stereocenters. The Morgan fingerprint density at radius 2 is 1.54 bits per heavy atom. The molecule has 182 valence electrons. The largest absolute Gasteiger partial charge is 0.497 e. The highest BCUT2D eigenvalue weighted by molar-refractivity contribution is 5.95. The van der Waals surface area contributed by atoms with Crippen molar-refractivity contribution in [1.82, 2.24) is 4.90 Å². The molecule has 4 nitrogen and oxygen atoms in total. The number of fused-ring (bicyclic) bond motifs is 1. The average Bonchev–Trinajstić information content (AvgIpc) is 2.93. The summed E-state index contributed by atoms with van der Waals surface area (Å²) < 4.78 is 11.4. The summed E-state index contributed by atoms with van der Waals surface area (Å²) in [4.78, 5) is 2.48. The third-order valence-electron chi connectivity index (χ3n) is 7.31. The molecule has 1 heterocycles. The molecule has 0 radical (unpaired) electrons. The van der Waals surface area contributed by atoms with E-state index in [2.05, 4.69) is 41.3 Å². The van der Waals surface area contributed by atoms with Crippen molar-refractivity contribution in [3.8, 4) is 11.5 Å². The van der Waals surface area contributed by atoms with Gasteiger partial charge in [0.1, 0.15) is 24.2 Å². The summed E-state index contributed by atoms with van der Waals surface area (Å²) in [7, 11) is 1.68. The Kier molecular flexibility index (Phi) is 7.51. The standard InChI is InChI=1S/C31H35NO3/c1-34-26-14-9-24(10-15-26)29-18-13-23-7-3-4-8-28(23)30(29)31(33)25-11-16-27(17-12-25)35-22-21-32-19-5-2-6-20-32/h3-4,7-12,14-17,31,33H,2,5-6,13,18-22H2,1H3. The number of aliphatic hydroxyl groups is 1. The lowest BCUT2D eigenvalue weighted by atomic mass is 9.79. The third-order valence-corrected chi connectivity index (χ3v) is 7.31. The molecule has 1 aliphatic carbocycles. The van der Waals surface area contributed by atoms with Crippen LogP contribution in [0.15, 0.2) is 72.8 Å². The predicted octanol–water partition coefficient (Wildman–Crippen LogP) is 6.15. The molecule has 3 aromatic carbocycles. The molecule has 1 saturated heterocycles. The summed E-state index contributed by atoms with van der Waals surface area (Å²) in [6, 6.07) is 24.6. The van der Waals surface area contributed by atoms with E-state index < -0.39 is 6.10 Å². The quantitative estimate of drug-likeness (QED) is 0.430. The number of likely N-dealkylation sites (tertiary alicyclic amines) is 1. The second-order valence-electron chi connectivity index (χ2n) is 9.50. The molecule has 1 N–H and O–H groups in total. The predicted molar refractivity (Wildman–Crippen MR) is 142 cm³/mol. The average molecular weight is 470 g/mol. The number of ether oxygens (including phenoxy) is 2. The number of rotatable bonds is 8. The molecule has 35 heavy (non-hydrogen) atoms. The minimum absolute atomic E-state index is 0.696. The van der Waals surface area contributed by atoms with E-state index in [4.69, 9.17) is 9.47 Å². The summed E-state index contributed by atoms with van der Waals surface area (Å²) in [5, 5.41) is 11.6. The van der Waals surface area contributed by atoms with Gasteiger partial charge in [-0.2, -0.15) is 0 Å². The molecule has 3 aromatic rings. The Hall–Kier alpha value is -3.08. The van der Waals surface area contributed by atoms with Crippen LogP contribution in [-0.2, 0) is 6.42 Å². The van der Waals surface area contributed by atoms with Crippen molar-refractivity contribution >= 4 is 11.1 Å². The van der Waals surface area contributed by atoms with Gasteiger partial charge in [-0.1, -0.05) is 55.0 Å². The Balaban J connectivity index is 1.37. The summed E-state index contributed by atoms with van der Waals surface area (Å²) >= 11 is 0. The van der Waals surface area contributed by atoms with E-state index in [1.165, 1.54) is 43.5 Å². The number of hydrogen-bond acceptors (Lipinski definition) is 4. The fraction of sp³-hybridized carbons (Fsp3) is 0.355. The number of allylic oxidation sites excluding steroid dienone is 1. The number of aliphatic hydroxyl groups excluding tert-OH is 1. The van der Waals surface area contributed by atoms with Crippen molar-refractivity contribution < 1.29 is 14.6 Å². The molecule has 2 aliphatic rings. The highest BCUT2D eigenvalue weighted by Crippen LogP contribution is 2.43. The van der Waals surface area contributed by atoms with Crippen molar-refractivity contribution in [3.05, 3.63) is 95.1 Å². The van der Waals surface area contributed by atoms with Crippen LogP contribution in [0.1, 0.15) is 54.0 Å². The second kappa shape index (κ2) is 11.1. The summed E-state index contributed by atoms with van der Waals surface area (Å²) in [5.41, 5.74) is 6.63. The maximum atomic E-state index is 11.6. The minimum Gasteiger partial charge on any atom is -0.497 e. The van der Waals surface area contributed by atoms with Gasteiger partial charge >= 0.3 is 0 Å². The first-order chi connectivity index (χ1) is 17.2. The van der Waals surface area contributed by atoms with E-state index in [1.807, 2.05) is 36.4 Å². The van der Waals surface area contributed by atoms with Crippen LogP contribution in [0.2, 0.25) is 0 Å². The monoisotopic (exact) mass is 469 g/mol. The fourth-order valence-corrected chi connectivity index (χ4v) is 5.35. The molecule has 0 bridgehead atoms. The SMILES string of the molecule is COc1ccc(C2=C(C(O)c3ccc(OCCN4CCCCC4)cc3)c3ccccc3CC2)cc1. The molecule has 0 saturated carbocycles. The Bertz CT molecular complexity index is 1140. The van der Waals surface area contributed by atoms with Crippen LogP contribution >= 0.6 is 0 Å². The Morgan fingerprint density at radius 1 is 0.829 bits per heavy atom. The molecule has 1 aliphatic heterocycles. The molecular weight excluding hydrogens is 434 g/mol. The highest BCUT2D eigenvalue weighted by atomic mass is 16.5. The molecule has 4 heteroatoms. The fourth-order valence-electron chi connectivity index (χ4n) is 5.35. The van der Waals surface area contributed by atoms with Crippen LogP contribution in [0.5, 0.6) is 11.5 Å². The van der Waals surface area contributed by atoms with Crippen molar-refractivity contribution in [2.24, 2.45) is 0 Å². The van der Waals surface area contributed by atoms with E-state index in [1.54, 1.807) is 7.11 Å². The van der Waals surface area contributed by atoms with Crippen molar-refractivity contribution in [2.75, 3.05) is 33.4 Å². The summed E-state index contributed by atoms with van der Waals surface area (Å²) in [6.45, 7) is 4.03. The zero-order valence-electron chi connectivity index (χ0n) is 20.6. The maximum absolute atomic E-state index is 11.6. The molecule has 0 spiro atoms. The van der Waals surface area contributed by atoms with Crippen LogP contribution in [-0.4, -0.2) is 43.4 Å². The van der Waals surface area contributed by atoms with Gasteiger partial charge in [0, 0.05) is 6.54 Å². The van der Waals surface area contributed by atoms with Gasteiger partial charge < -0.3 is 14.6 Å². The first kappa shape index (κ1) is 23.7. The minimum atomic E-state index is -0.712. The van der Waals surface area contributed by atoms with Crippen molar-refractivity contribution in [1.29, 1.82) is 0 Å². The first-order valence-electron chi connectivity index (χ1n) is 12.8. The van der Waals surface area contributed by atoms with Gasteiger partial charge in [-0.15, -0.1) is 0 Å². The van der Waals surface area contributed by atoms with Gasteiger partial charge in [0.25, 0.3) is 0 Å². The van der Waals surface area contributed by atoms with Crippen LogP contribution in [0.3, 0.4) is 0 Å². The van der Waals surface area contributed by atoms with Crippen LogP contribution < -0.4 is 9.47 Å². The zero-order valence-corrected chi connectivity index (χ0v) is 20.6. The van der Waals surface area contributed by atoms with E-state index in [9.17, 15) is 5.11 Å². The molecule has 5 rings (SSSR count). The van der Waals surface area contributed by atoms with Crippen molar-refractivity contribution in [3.63, 3.8) is 0 Å². The van der Waals surface area contributed by atoms with Crippen molar-refractivity contribution in [2.45, 2.75) is 38.2 Å². The Labute approximate surface area is 208 Å². The molecule has 1 fully saturated rings. The van der Waals surface area contributed by atoms with Crippen LogP contribution in [0.25, 0.3) is 11.1 Å². The third kappa shape index (κ3) is 5.44. The van der Waals surface area contributed by atoms with Gasteiger partial charge in [-0.05, 0) is 96.4 Å². The van der Waals surface area contributed by atoms with Gasteiger partial charge in [0.05, 0.1) is 7.11 Å². The van der Waals surface area contributed by atoms with Crippen LogP contribution in [0, 0.1) is 0 Å². The molecular formula is C31H35NO3. The smallest absolute Gasteiger partial charge is 0.119 e. The summed E-state index contributed by atoms with van der Waals surface area (Å²) in [6.07, 6.45) is 5.09. The number of nitrogens with zero attached hydrogens (tertiary/aromatic N) is 1. The van der Waals surface area contributed by atoms with Gasteiger partial charge in [0.2, 0.25) is 0 Å². The number of aryl methyl sites for hydroxylation is 1. The lowest BCUT2D eigenvalue weighted by Gasteiger charge is -2.28. The van der Waals surface area contributed by atoms with E-state index in [0.29, 0.717) is 6.61 Å². The van der Waals surface area contributed by atoms with Gasteiger partial charge in [0.15, 0.2) is 0 Å². The first-order valence-corrected chi connectivity index (χ1v) is 12.8. The zero-order chi connectivity index (χ0) is 24.0. The molecule has 1 atom stereocenters. The number of benzene rings is 3. The lowest BCUT2D eigenvalue weighted by molar-refractivity contribution is 0.183. The number of piperidine rings is 1. The number of hydrogen-bond donors (Lipinski definition) is 1. The Morgan fingerprint density at radius 3 is 2.29 bits per heavy atom. The maximum Gasteiger partial charge on any atom is 0.119 e. The van der Waals surface area contributed by atoms with E-state index >= 15 is 0 Å².